The molecule has 0 aliphatic carbocycles. The van der Waals surface area contributed by atoms with E-state index in [9.17, 15) is 5.11 Å². The van der Waals surface area contributed by atoms with E-state index >= 15 is 0 Å². The van der Waals surface area contributed by atoms with Crippen molar-refractivity contribution in [3.8, 4) is 5.75 Å². The Bertz CT molecular complexity index is 639. The number of rotatable bonds is 4. The van der Waals surface area contributed by atoms with Gasteiger partial charge in [-0.1, -0.05) is 23.7 Å². The van der Waals surface area contributed by atoms with E-state index in [-0.39, 0.29) is 6.10 Å². The second-order valence-corrected chi connectivity index (χ2v) is 6.89. The number of hydrogen-bond acceptors (Lipinski definition) is 3. The summed E-state index contributed by atoms with van der Waals surface area (Å²) < 4.78 is 12.2. The van der Waals surface area contributed by atoms with Crippen LogP contribution in [0.1, 0.15) is 23.7 Å². The van der Waals surface area contributed by atoms with Crippen LogP contribution in [0.3, 0.4) is 0 Å². The molecule has 22 heavy (non-hydrogen) atoms. The largest absolute Gasteiger partial charge is 0.488 e. The van der Waals surface area contributed by atoms with E-state index < -0.39 is 6.10 Å². The summed E-state index contributed by atoms with van der Waals surface area (Å²) in [6, 6.07) is 13.1. The van der Waals surface area contributed by atoms with Crippen molar-refractivity contribution in [2.45, 2.75) is 18.6 Å². The standard InChI is InChI=1S/C17H16ClIO3/c18-16-6-3-12(19)9-15(16)17(20)11-1-4-13(5-2-11)22-14-7-8-21-10-14/h1-6,9,14,17,20H,7-8,10H2/t14-,17?/m1/s1. The van der Waals surface area contributed by atoms with Gasteiger partial charge in [-0.15, -0.1) is 0 Å². The molecule has 1 unspecified atom stereocenters. The van der Waals surface area contributed by atoms with Crippen LogP contribution in [0.5, 0.6) is 5.75 Å². The maximum atomic E-state index is 10.5. The maximum Gasteiger partial charge on any atom is 0.124 e. The summed E-state index contributed by atoms with van der Waals surface area (Å²) in [5.41, 5.74) is 1.50. The fourth-order valence-corrected chi connectivity index (χ4v) is 3.17. The zero-order chi connectivity index (χ0) is 15.5. The summed E-state index contributed by atoms with van der Waals surface area (Å²) in [5.74, 6) is 0.792. The van der Waals surface area contributed by atoms with Crippen LogP contribution in [-0.4, -0.2) is 24.4 Å². The van der Waals surface area contributed by atoms with Gasteiger partial charge in [0.2, 0.25) is 0 Å². The molecule has 0 radical (unpaired) electrons. The molecule has 116 valence electrons. The molecule has 2 aromatic carbocycles. The maximum absolute atomic E-state index is 10.5. The quantitative estimate of drug-likeness (QED) is 0.739. The third-order valence-electron chi connectivity index (χ3n) is 3.64. The Morgan fingerprint density at radius 1 is 1.23 bits per heavy atom. The van der Waals surface area contributed by atoms with E-state index in [1.807, 2.05) is 36.4 Å². The predicted octanol–water partition coefficient (Wildman–Crippen LogP) is 4.19. The van der Waals surface area contributed by atoms with Crippen LogP contribution >= 0.6 is 34.2 Å². The first kappa shape index (κ1) is 16.1. The van der Waals surface area contributed by atoms with Gasteiger partial charge in [0, 0.05) is 20.6 Å². The third kappa shape index (κ3) is 3.74. The lowest BCUT2D eigenvalue weighted by atomic mass is 10.0. The topological polar surface area (TPSA) is 38.7 Å². The number of aliphatic hydroxyl groups is 1. The van der Waals surface area contributed by atoms with Crippen molar-refractivity contribution in [1.82, 2.24) is 0 Å². The highest BCUT2D eigenvalue weighted by Gasteiger charge is 2.18. The number of hydrogen-bond donors (Lipinski definition) is 1. The van der Waals surface area contributed by atoms with Crippen LogP contribution < -0.4 is 4.74 Å². The van der Waals surface area contributed by atoms with Gasteiger partial charge in [-0.05, 0) is 58.5 Å². The monoisotopic (exact) mass is 430 g/mol. The van der Waals surface area contributed by atoms with Gasteiger partial charge >= 0.3 is 0 Å². The molecule has 1 aliphatic heterocycles. The molecule has 3 rings (SSSR count). The molecule has 1 fully saturated rings. The third-order valence-corrected chi connectivity index (χ3v) is 4.65. The minimum absolute atomic E-state index is 0.126. The molecule has 2 atom stereocenters. The van der Waals surface area contributed by atoms with Crippen LogP contribution in [0, 0.1) is 3.57 Å². The van der Waals surface area contributed by atoms with Crippen LogP contribution in [0.4, 0.5) is 0 Å². The highest BCUT2D eigenvalue weighted by atomic mass is 127. The highest BCUT2D eigenvalue weighted by Crippen LogP contribution is 2.30. The number of ether oxygens (including phenoxy) is 2. The Morgan fingerprint density at radius 3 is 2.68 bits per heavy atom. The zero-order valence-corrected chi connectivity index (χ0v) is 14.8. The summed E-state index contributed by atoms with van der Waals surface area (Å²) in [6.45, 7) is 1.40. The fourth-order valence-electron chi connectivity index (χ4n) is 2.43. The Balaban J connectivity index is 1.75. The van der Waals surface area contributed by atoms with Gasteiger partial charge in [0.05, 0.1) is 13.2 Å². The number of halogens is 2. The second-order valence-electron chi connectivity index (χ2n) is 5.24. The van der Waals surface area contributed by atoms with E-state index in [0.717, 1.165) is 27.9 Å². The molecule has 0 aromatic heterocycles. The van der Waals surface area contributed by atoms with Crippen LogP contribution in [-0.2, 0) is 4.74 Å². The molecule has 2 aromatic rings. The number of benzene rings is 2. The molecular formula is C17H16ClIO3. The van der Waals surface area contributed by atoms with Gasteiger partial charge < -0.3 is 14.6 Å². The molecule has 0 spiro atoms. The average molecular weight is 431 g/mol. The zero-order valence-electron chi connectivity index (χ0n) is 11.8. The van der Waals surface area contributed by atoms with Crippen molar-refractivity contribution in [3.63, 3.8) is 0 Å². The lowest BCUT2D eigenvalue weighted by molar-refractivity contribution is 0.141. The van der Waals surface area contributed by atoms with E-state index in [2.05, 4.69) is 22.6 Å². The second kappa shape index (κ2) is 7.17. The highest BCUT2D eigenvalue weighted by molar-refractivity contribution is 14.1. The van der Waals surface area contributed by atoms with Crippen molar-refractivity contribution in [3.05, 3.63) is 62.2 Å². The van der Waals surface area contributed by atoms with Crippen molar-refractivity contribution < 1.29 is 14.6 Å². The van der Waals surface area contributed by atoms with Crippen molar-refractivity contribution in [1.29, 1.82) is 0 Å². The molecule has 0 bridgehead atoms. The molecule has 1 N–H and O–H groups in total. The molecular weight excluding hydrogens is 415 g/mol. The predicted molar refractivity (Wildman–Crippen MR) is 94.5 cm³/mol. The minimum Gasteiger partial charge on any atom is -0.488 e. The molecule has 3 nitrogen and oxygen atoms in total. The van der Waals surface area contributed by atoms with Crippen molar-refractivity contribution in [2.75, 3.05) is 13.2 Å². The molecule has 1 heterocycles. The van der Waals surface area contributed by atoms with E-state index in [0.29, 0.717) is 17.2 Å². The first-order valence-electron chi connectivity index (χ1n) is 7.11. The smallest absolute Gasteiger partial charge is 0.124 e. The minimum atomic E-state index is -0.744. The normalized spacial score (nSPS) is 19.1. The SMILES string of the molecule is OC(c1ccc(O[C@@H]2CCOC2)cc1)c1cc(I)ccc1Cl. The van der Waals surface area contributed by atoms with Crippen LogP contribution in [0.2, 0.25) is 5.02 Å². The Morgan fingerprint density at radius 2 is 2.00 bits per heavy atom. The molecule has 1 saturated heterocycles. The number of aliphatic hydroxyl groups excluding tert-OH is 1. The fraction of sp³-hybridized carbons (Fsp3) is 0.294. The summed E-state index contributed by atoms with van der Waals surface area (Å²) in [7, 11) is 0. The Kier molecular flexibility index (Phi) is 5.23. The molecule has 5 heteroatoms. The average Bonchev–Trinajstić information content (AvgIpc) is 3.03. The van der Waals surface area contributed by atoms with E-state index in [4.69, 9.17) is 21.1 Å². The summed E-state index contributed by atoms with van der Waals surface area (Å²) in [6.07, 6.45) is 0.301. The van der Waals surface area contributed by atoms with Gasteiger partial charge in [0.15, 0.2) is 0 Å². The first-order valence-corrected chi connectivity index (χ1v) is 8.56. The van der Waals surface area contributed by atoms with Crippen molar-refractivity contribution in [2.24, 2.45) is 0 Å². The molecule has 0 saturated carbocycles. The summed E-state index contributed by atoms with van der Waals surface area (Å²) in [4.78, 5) is 0. The van der Waals surface area contributed by atoms with E-state index in [1.54, 1.807) is 6.07 Å². The molecule has 0 amide bonds. The van der Waals surface area contributed by atoms with E-state index in [1.165, 1.54) is 0 Å². The van der Waals surface area contributed by atoms with Gasteiger partial charge in [-0.3, -0.25) is 0 Å². The lowest BCUT2D eigenvalue weighted by Crippen LogP contribution is -2.15. The molecule has 1 aliphatic rings. The van der Waals surface area contributed by atoms with Gasteiger partial charge in [-0.2, -0.15) is 0 Å². The van der Waals surface area contributed by atoms with Crippen LogP contribution in [0.25, 0.3) is 0 Å². The van der Waals surface area contributed by atoms with Gasteiger partial charge in [-0.25, -0.2) is 0 Å². The Labute approximate surface area is 148 Å². The Hall–Kier alpha value is -0.820. The van der Waals surface area contributed by atoms with Gasteiger partial charge in [0.1, 0.15) is 18.0 Å². The van der Waals surface area contributed by atoms with Crippen LogP contribution in [0.15, 0.2) is 42.5 Å². The lowest BCUT2D eigenvalue weighted by Gasteiger charge is -2.15. The summed E-state index contributed by atoms with van der Waals surface area (Å²) in [5, 5.41) is 11.1. The first-order chi connectivity index (χ1) is 10.6. The van der Waals surface area contributed by atoms with Crippen molar-refractivity contribution >= 4 is 34.2 Å². The van der Waals surface area contributed by atoms with Gasteiger partial charge in [0.25, 0.3) is 0 Å². The summed E-state index contributed by atoms with van der Waals surface area (Å²) >= 11 is 8.39.